The molecule has 0 unspecified atom stereocenters. The number of aryl methyl sites for hydroxylation is 1. The van der Waals surface area contributed by atoms with Crippen LogP contribution in [0.2, 0.25) is 0 Å². The van der Waals surface area contributed by atoms with Crippen molar-refractivity contribution in [2.24, 2.45) is 0 Å². The number of aromatic nitrogens is 2. The molecule has 0 spiro atoms. The average molecular weight is 493 g/mol. The fourth-order valence-electron chi connectivity index (χ4n) is 3.65. The Bertz CT molecular complexity index is 1490. The summed E-state index contributed by atoms with van der Waals surface area (Å²) in [5.41, 5.74) is 2.85. The van der Waals surface area contributed by atoms with Crippen molar-refractivity contribution in [2.75, 3.05) is 25.6 Å². The zero-order valence-corrected chi connectivity index (χ0v) is 20.0. The summed E-state index contributed by atoms with van der Waals surface area (Å²) in [6.45, 7) is 1.34. The zero-order chi connectivity index (χ0) is 25.0. The second-order valence-electron chi connectivity index (χ2n) is 7.74. The number of aliphatic hydroxyl groups is 1. The van der Waals surface area contributed by atoms with E-state index in [1.54, 1.807) is 49.4 Å². The van der Waals surface area contributed by atoms with Crippen molar-refractivity contribution in [3.8, 4) is 11.3 Å². The summed E-state index contributed by atoms with van der Waals surface area (Å²) in [5, 5.41) is 22.6. The van der Waals surface area contributed by atoms with Crippen molar-refractivity contribution in [3.05, 3.63) is 77.9 Å². The highest BCUT2D eigenvalue weighted by molar-refractivity contribution is 7.89. The fourth-order valence-corrected chi connectivity index (χ4v) is 4.94. The Morgan fingerprint density at radius 1 is 1.00 bits per heavy atom. The number of aliphatic hydroxyl groups excluding tert-OH is 1. The van der Waals surface area contributed by atoms with Crippen LogP contribution >= 0.6 is 0 Å². The highest BCUT2D eigenvalue weighted by atomic mass is 32.2. The highest BCUT2D eigenvalue weighted by Crippen LogP contribution is 2.32. The molecular formula is C25H24N4O5S. The normalized spacial score (nSPS) is 11.4. The van der Waals surface area contributed by atoms with E-state index in [1.165, 1.54) is 7.11 Å². The number of nitrogens with one attached hydrogen (secondary N) is 2. The number of fused-ring (bicyclic) bond motifs is 1. The minimum Gasteiger partial charge on any atom is -0.465 e. The second kappa shape index (κ2) is 10.2. The zero-order valence-electron chi connectivity index (χ0n) is 19.1. The van der Waals surface area contributed by atoms with E-state index in [4.69, 9.17) is 9.84 Å². The number of hydrogen-bond acceptors (Lipinski definition) is 8. The summed E-state index contributed by atoms with van der Waals surface area (Å²) in [6.07, 6.45) is 0. The van der Waals surface area contributed by atoms with Gasteiger partial charge in [0.05, 0.1) is 24.2 Å². The summed E-state index contributed by atoms with van der Waals surface area (Å²) in [7, 11) is -2.47. The summed E-state index contributed by atoms with van der Waals surface area (Å²) in [6, 6.07) is 19.4. The van der Waals surface area contributed by atoms with Gasteiger partial charge < -0.3 is 15.2 Å². The molecule has 0 aliphatic heterocycles. The van der Waals surface area contributed by atoms with Crippen LogP contribution in [-0.2, 0) is 14.8 Å². The van der Waals surface area contributed by atoms with Gasteiger partial charge in [-0.3, -0.25) is 0 Å². The molecule has 4 aromatic rings. The SMILES string of the molecule is COC(=O)c1ccc(Nc2nnc(-c3ccc(C)c(S(=O)(=O)NCCO)c3)c3ccccc23)cc1. The van der Waals surface area contributed by atoms with Gasteiger partial charge in [-0.15, -0.1) is 10.2 Å². The molecule has 0 radical (unpaired) electrons. The number of carbonyl (C=O) groups excluding carboxylic acids is 1. The van der Waals surface area contributed by atoms with Crippen LogP contribution in [0.3, 0.4) is 0 Å². The molecule has 0 amide bonds. The number of anilines is 2. The summed E-state index contributed by atoms with van der Waals surface area (Å²) in [5.74, 6) is 0.0944. The standard InChI is InChI=1S/C25H24N4O5S/c1-16-7-8-18(15-22(16)35(32,33)26-13-14-30)23-20-5-3-4-6-21(20)24(29-28-23)27-19-11-9-17(10-12-19)25(31)34-2/h3-12,15,26,30H,13-14H2,1-2H3,(H,27,29). The van der Waals surface area contributed by atoms with Crippen molar-refractivity contribution in [1.29, 1.82) is 0 Å². The number of carbonyl (C=O) groups is 1. The number of esters is 1. The number of benzene rings is 3. The molecule has 0 bridgehead atoms. The molecule has 1 heterocycles. The molecule has 10 heteroatoms. The maximum absolute atomic E-state index is 12.7. The Balaban J connectivity index is 1.73. The predicted octanol–water partition coefficient (Wildman–Crippen LogP) is 3.41. The van der Waals surface area contributed by atoms with Crippen LogP contribution in [0.25, 0.3) is 22.0 Å². The molecule has 0 atom stereocenters. The maximum Gasteiger partial charge on any atom is 0.337 e. The van der Waals surface area contributed by atoms with Crippen molar-refractivity contribution < 1.29 is 23.1 Å². The number of rotatable bonds is 8. The van der Waals surface area contributed by atoms with Crippen molar-refractivity contribution in [2.45, 2.75) is 11.8 Å². The Morgan fingerprint density at radius 2 is 1.71 bits per heavy atom. The molecule has 0 saturated carbocycles. The molecule has 0 fully saturated rings. The van der Waals surface area contributed by atoms with E-state index in [0.29, 0.717) is 33.9 Å². The van der Waals surface area contributed by atoms with Gasteiger partial charge >= 0.3 is 5.97 Å². The van der Waals surface area contributed by atoms with Crippen LogP contribution in [-0.4, -0.2) is 50.0 Å². The first kappa shape index (κ1) is 24.3. The molecule has 180 valence electrons. The first-order valence-electron chi connectivity index (χ1n) is 10.8. The van der Waals surface area contributed by atoms with Crippen molar-refractivity contribution in [1.82, 2.24) is 14.9 Å². The van der Waals surface area contributed by atoms with Crippen molar-refractivity contribution in [3.63, 3.8) is 0 Å². The monoisotopic (exact) mass is 492 g/mol. The molecular weight excluding hydrogens is 468 g/mol. The van der Waals surface area contributed by atoms with Gasteiger partial charge in [-0.25, -0.2) is 17.9 Å². The largest absolute Gasteiger partial charge is 0.465 e. The smallest absolute Gasteiger partial charge is 0.337 e. The van der Waals surface area contributed by atoms with Gasteiger partial charge in [0.2, 0.25) is 10.0 Å². The van der Waals surface area contributed by atoms with Crippen LogP contribution in [0.1, 0.15) is 15.9 Å². The molecule has 3 aromatic carbocycles. The lowest BCUT2D eigenvalue weighted by molar-refractivity contribution is 0.0600. The number of nitrogens with zero attached hydrogens (tertiary/aromatic N) is 2. The van der Waals surface area contributed by atoms with Gasteiger partial charge in [0.15, 0.2) is 5.82 Å². The van der Waals surface area contributed by atoms with Crippen LogP contribution < -0.4 is 10.0 Å². The maximum atomic E-state index is 12.7. The van der Waals surface area contributed by atoms with Crippen LogP contribution in [0, 0.1) is 6.92 Å². The van der Waals surface area contributed by atoms with Crippen LogP contribution in [0.5, 0.6) is 0 Å². The Hall–Kier alpha value is -3.86. The molecule has 0 aliphatic rings. The van der Waals surface area contributed by atoms with Gasteiger partial charge in [0, 0.05) is 28.6 Å². The lowest BCUT2D eigenvalue weighted by Gasteiger charge is -2.13. The van der Waals surface area contributed by atoms with Gasteiger partial charge in [-0.2, -0.15) is 0 Å². The lowest BCUT2D eigenvalue weighted by Crippen LogP contribution is -2.27. The first-order chi connectivity index (χ1) is 16.8. The molecule has 3 N–H and O–H groups in total. The van der Waals surface area contributed by atoms with E-state index >= 15 is 0 Å². The highest BCUT2D eigenvalue weighted by Gasteiger charge is 2.19. The van der Waals surface area contributed by atoms with Crippen molar-refractivity contribution >= 4 is 38.3 Å². The summed E-state index contributed by atoms with van der Waals surface area (Å²) >= 11 is 0. The minimum atomic E-state index is -3.80. The molecule has 35 heavy (non-hydrogen) atoms. The fraction of sp³-hybridized carbons (Fsp3) is 0.160. The molecule has 0 aliphatic carbocycles. The van der Waals surface area contributed by atoms with Gasteiger partial charge in [-0.1, -0.05) is 36.4 Å². The lowest BCUT2D eigenvalue weighted by atomic mass is 10.0. The first-order valence-corrected chi connectivity index (χ1v) is 12.2. The average Bonchev–Trinajstić information content (AvgIpc) is 2.88. The Morgan fingerprint density at radius 3 is 2.40 bits per heavy atom. The number of methoxy groups -OCH3 is 1. The summed E-state index contributed by atoms with van der Waals surface area (Å²) in [4.78, 5) is 11.8. The molecule has 9 nitrogen and oxygen atoms in total. The summed E-state index contributed by atoms with van der Waals surface area (Å²) < 4.78 is 32.5. The van der Waals surface area contributed by atoms with Gasteiger partial charge in [0.25, 0.3) is 0 Å². The van der Waals surface area contributed by atoms with Gasteiger partial charge in [-0.05, 0) is 42.8 Å². The van der Waals surface area contributed by atoms with E-state index in [1.807, 2.05) is 24.3 Å². The molecule has 0 saturated heterocycles. The third-order valence-corrected chi connectivity index (χ3v) is 7.01. The van der Waals surface area contributed by atoms with E-state index in [9.17, 15) is 13.2 Å². The predicted molar refractivity (Wildman–Crippen MR) is 133 cm³/mol. The Labute approximate surface area is 202 Å². The minimum absolute atomic E-state index is 0.0737. The Kier molecular flexibility index (Phi) is 7.06. The molecule has 4 rings (SSSR count). The second-order valence-corrected chi connectivity index (χ2v) is 9.47. The van der Waals surface area contributed by atoms with Gasteiger partial charge in [0.1, 0.15) is 5.69 Å². The third kappa shape index (κ3) is 5.14. The van der Waals surface area contributed by atoms with E-state index in [-0.39, 0.29) is 18.0 Å². The van der Waals surface area contributed by atoms with Crippen LogP contribution in [0.4, 0.5) is 11.5 Å². The number of hydrogen-bond donors (Lipinski definition) is 3. The van der Waals surface area contributed by atoms with E-state index < -0.39 is 16.0 Å². The third-order valence-electron chi connectivity index (χ3n) is 5.41. The number of ether oxygens (including phenoxy) is 1. The quantitative estimate of drug-likeness (QED) is 0.319. The topological polar surface area (TPSA) is 131 Å². The molecule has 1 aromatic heterocycles. The number of sulfonamides is 1. The van der Waals surface area contributed by atoms with E-state index in [2.05, 4.69) is 20.2 Å². The van der Waals surface area contributed by atoms with E-state index in [0.717, 1.165) is 10.8 Å². The van der Waals surface area contributed by atoms with Crippen LogP contribution in [0.15, 0.2) is 71.6 Å².